The number of carbonyl (C=O) groups is 1. The summed E-state index contributed by atoms with van der Waals surface area (Å²) in [6.45, 7) is 0. The number of hydrogen-bond donors (Lipinski definition) is 2. The van der Waals surface area contributed by atoms with E-state index in [9.17, 15) is 15.0 Å². The minimum atomic E-state index is -1.42. The molecule has 0 unspecified atom stereocenters. The number of methoxy groups -OCH3 is 1. The topological polar surface area (TPSA) is 66.8 Å². The summed E-state index contributed by atoms with van der Waals surface area (Å²) in [5.74, 6) is -0.915. The van der Waals surface area contributed by atoms with E-state index in [2.05, 4.69) is 4.74 Å². The second kappa shape index (κ2) is 3.91. The molecule has 0 aromatic heterocycles. The third kappa shape index (κ3) is 1.97. The van der Waals surface area contributed by atoms with E-state index in [4.69, 9.17) is 0 Å². The van der Waals surface area contributed by atoms with Gasteiger partial charge in [0.05, 0.1) is 7.11 Å². The first-order valence-electron chi connectivity index (χ1n) is 3.70. The summed E-state index contributed by atoms with van der Waals surface area (Å²) in [6.07, 6.45) is -1.42. The molecular weight excluding hydrogens is 172 g/mol. The smallest absolute Gasteiger partial charge is 0.339 e. The molecule has 1 aromatic carbocycles. The second-order valence-corrected chi connectivity index (χ2v) is 2.48. The zero-order valence-corrected chi connectivity index (χ0v) is 7.10. The Kier molecular flexibility index (Phi) is 2.87. The number of phenolic OH excluding ortho intramolecular Hbond substituents is 1. The van der Waals surface area contributed by atoms with Gasteiger partial charge < -0.3 is 14.9 Å². The Balaban J connectivity index is 2.95. The summed E-state index contributed by atoms with van der Waals surface area (Å²) < 4.78 is 4.32. The van der Waals surface area contributed by atoms with Crippen LogP contribution in [0.15, 0.2) is 24.3 Å². The molecule has 0 aliphatic rings. The summed E-state index contributed by atoms with van der Waals surface area (Å²) in [7, 11) is 1.17. The monoisotopic (exact) mass is 182 g/mol. The molecular formula is C9H10O4. The van der Waals surface area contributed by atoms with Gasteiger partial charge in [-0.05, 0) is 6.07 Å². The van der Waals surface area contributed by atoms with Crippen LogP contribution in [-0.2, 0) is 9.53 Å². The van der Waals surface area contributed by atoms with Crippen LogP contribution in [0.25, 0.3) is 0 Å². The fourth-order valence-corrected chi connectivity index (χ4v) is 0.957. The molecule has 13 heavy (non-hydrogen) atoms. The highest BCUT2D eigenvalue weighted by Gasteiger charge is 2.20. The number of para-hydroxylation sites is 1. The first-order valence-corrected chi connectivity index (χ1v) is 3.70. The molecule has 4 heteroatoms. The number of benzene rings is 1. The predicted octanol–water partition coefficient (Wildman–Crippen LogP) is 0.599. The summed E-state index contributed by atoms with van der Waals surface area (Å²) in [4.78, 5) is 10.9. The van der Waals surface area contributed by atoms with Gasteiger partial charge in [-0.3, -0.25) is 0 Å². The number of aromatic hydroxyl groups is 1. The number of aliphatic hydroxyl groups excluding tert-OH is 1. The Morgan fingerprint density at radius 2 is 2.08 bits per heavy atom. The highest BCUT2D eigenvalue weighted by atomic mass is 16.5. The van der Waals surface area contributed by atoms with Gasteiger partial charge in [0.15, 0.2) is 6.10 Å². The molecule has 1 atom stereocenters. The Morgan fingerprint density at radius 3 is 2.62 bits per heavy atom. The van der Waals surface area contributed by atoms with Gasteiger partial charge in [0.1, 0.15) is 5.75 Å². The molecule has 4 nitrogen and oxygen atoms in total. The van der Waals surface area contributed by atoms with E-state index >= 15 is 0 Å². The van der Waals surface area contributed by atoms with Crippen LogP contribution in [0.5, 0.6) is 5.75 Å². The Labute approximate surface area is 75.4 Å². The number of esters is 1. The van der Waals surface area contributed by atoms with Crippen LogP contribution in [0.1, 0.15) is 11.7 Å². The van der Waals surface area contributed by atoms with Gasteiger partial charge in [0.2, 0.25) is 0 Å². The molecule has 0 aliphatic carbocycles. The SMILES string of the molecule is COC(=O)[C@H](O)c1ccccc1O. The van der Waals surface area contributed by atoms with Crippen molar-refractivity contribution in [2.75, 3.05) is 7.11 Å². The Hall–Kier alpha value is -1.55. The molecule has 70 valence electrons. The van der Waals surface area contributed by atoms with E-state index in [-0.39, 0.29) is 11.3 Å². The predicted molar refractivity (Wildman–Crippen MR) is 45.1 cm³/mol. The van der Waals surface area contributed by atoms with Crippen molar-refractivity contribution in [3.8, 4) is 5.75 Å². The van der Waals surface area contributed by atoms with Gasteiger partial charge in [-0.15, -0.1) is 0 Å². The third-order valence-corrected chi connectivity index (χ3v) is 1.66. The van der Waals surface area contributed by atoms with E-state index in [0.29, 0.717) is 0 Å². The van der Waals surface area contributed by atoms with Crippen molar-refractivity contribution in [2.45, 2.75) is 6.10 Å². The summed E-state index contributed by atoms with van der Waals surface area (Å²) in [5.41, 5.74) is 0.148. The van der Waals surface area contributed by atoms with Gasteiger partial charge in [0.25, 0.3) is 0 Å². The maximum absolute atomic E-state index is 10.9. The third-order valence-electron chi connectivity index (χ3n) is 1.66. The van der Waals surface area contributed by atoms with Crippen LogP contribution < -0.4 is 0 Å². The van der Waals surface area contributed by atoms with Crippen molar-refractivity contribution in [3.63, 3.8) is 0 Å². The maximum atomic E-state index is 10.9. The van der Waals surface area contributed by atoms with Crippen LogP contribution in [0.3, 0.4) is 0 Å². The van der Waals surface area contributed by atoms with Crippen LogP contribution in [0, 0.1) is 0 Å². The summed E-state index contributed by atoms with van der Waals surface area (Å²) in [5, 5.41) is 18.6. The van der Waals surface area contributed by atoms with Crippen LogP contribution in [0.2, 0.25) is 0 Å². The number of phenols is 1. The van der Waals surface area contributed by atoms with Gasteiger partial charge in [0, 0.05) is 5.56 Å². The van der Waals surface area contributed by atoms with Crippen molar-refractivity contribution in [3.05, 3.63) is 29.8 Å². The average Bonchev–Trinajstić information content (AvgIpc) is 2.16. The average molecular weight is 182 g/mol. The molecule has 0 amide bonds. The number of ether oxygens (including phenoxy) is 1. The molecule has 0 heterocycles. The molecule has 1 rings (SSSR count). The van der Waals surface area contributed by atoms with E-state index in [1.165, 1.54) is 19.2 Å². The molecule has 0 radical (unpaired) electrons. The lowest BCUT2D eigenvalue weighted by Gasteiger charge is -2.09. The largest absolute Gasteiger partial charge is 0.508 e. The number of rotatable bonds is 2. The first kappa shape index (κ1) is 9.54. The van der Waals surface area contributed by atoms with Crippen LogP contribution in [0.4, 0.5) is 0 Å². The second-order valence-electron chi connectivity index (χ2n) is 2.48. The fraction of sp³-hybridized carbons (Fsp3) is 0.222. The minimum Gasteiger partial charge on any atom is -0.508 e. The van der Waals surface area contributed by atoms with Crippen molar-refractivity contribution in [2.24, 2.45) is 0 Å². The molecule has 0 fully saturated rings. The molecule has 0 aliphatic heterocycles. The van der Waals surface area contributed by atoms with Crippen LogP contribution >= 0.6 is 0 Å². The van der Waals surface area contributed by atoms with Gasteiger partial charge >= 0.3 is 5.97 Å². The van der Waals surface area contributed by atoms with Gasteiger partial charge in [-0.25, -0.2) is 4.79 Å². The Morgan fingerprint density at radius 1 is 1.46 bits per heavy atom. The van der Waals surface area contributed by atoms with Crippen molar-refractivity contribution < 1.29 is 19.7 Å². The molecule has 1 aromatic rings. The van der Waals surface area contributed by atoms with E-state index in [1.807, 2.05) is 0 Å². The fourth-order valence-electron chi connectivity index (χ4n) is 0.957. The lowest BCUT2D eigenvalue weighted by atomic mass is 10.1. The maximum Gasteiger partial charge on any atom is 0.339 e. The minimum absolute atomic E-state index is 0.125. The molecule has 0 saturated carbocycles. The Bertz CT molecular complexity index is 308. The van der Waals surface area contributed by atoms with E-state index in [0.717, 1.165) is 0 Å². The number of hydrogen-bond acceptors (Lipinski definition) is 4. The molecule has 0 bridgehead atoms. The lowest BCUT2D eigenvalue weighted by molar-refractivity contribution is -0.150. The zero-order valence-electron chi connectivity index (χ0n) is 7.10. The standard InChI is InChI=1S/C9H10O4/c1-13-9(12)8(11)6-4-2-3-5-7(6)10/h2-5,8,10-11H,1H3/t8-/m1/s1. The highest BCUT2D eigenvalue weighted by molar-refractivity contribution is 5.77. The summed E-state index contributed by atoms with van der Waals surface area (Å²) in [6, 6.07) is 6.06. The van der Waals surface area contributed by atoms with Gasteiger partial charge in [-0.1, -0.05) is 18.2 Å². The van der Waals surface area contributed by atoms with Crippen molar-refractivity contribution in [1.82, 2.24) is 0 Å². The van der Waals surface area contributed by atoms with Crippen molar-refractivity contribution >= 4 is 5.97 Å². The highest BCUT2D eigenvalue weighted by Crippen LogP contribution is 2.23. The first-order chi connectivity index (χ1) is 6.16. The number of carbonyl (C=O) groups excluding carboxylic acids is 1. The van der Waals surface area contributed by atoms with E-state index in [1.54, 1.807) is 12.1 Å². The molecule has 0 spiro atoms. The molecule has 2 N–H and O–H groups in total. The zero-order chi connectivity index (χ0) is 9.84. The van der Waals surface area contributed by atoms with E-state index < -0.39 is 12.1 Å². The lowest BCUT2D eigenvalue weighted by Crippen LogP contribution is -2.13. The summed E-state index contributed by atoms with van der Waals surface area (Å²) >= 11 is 0. The number of aliphatic hydroxyl groups is 1. The normalized spacial score (nSPS) is 12.2. The quantitative estimate of drug-likeness (QED) is 0.657. The van der Waals surface area contributed by atoms with Gasteiger partial charge in [-0.2, -0.15) is 0 Å². The van der Waals surface area contributed by atoms with Crippen LogP contribution in [-0.4, -0.2) is 23.3 Å². The van der Waals surface area contributed by atoms with Crippen molar-refractivity contribution in [1.29, 1.82) is 0 Å². The molecule has 0 saturated heterocycles.